The Balaban J connectivity index is 1.99. The molecule has 0 bridgehead atoms. The third kappa shape index (κ3) is 3.36. The van der Waals surface area contributed by atoms with E-state index in [9.17, 15) is 4.79 Å². The topological polar surface area (TPSA) is 93.6 Å². The highest BCUT2D eigenvalue weighted by Gasteiger charge is 2.08. The quantitative estimate of drug-likeness (QED) is 0.799. The van der Waals surface area contributed by atoms with Crippen molar-refractivity contribution in [1.82, 2.24) is 10.2 Å². The zero-order valence-corrected chi connectivity index (χ0v) is 11.3. The molecule has 1 aromatic heterocycles. The number of carbonyl (C=O) groups is 1. The summed E-state index contributed by atoms with van der Waals surface area (Å²) in [5.74, 6) is 0.774. The normalized spacial score (nSPS) is 10.1. The number of anilines is 2. The van der Waals surface area contributed by atoms with E-state index < -0.39 is 6.03 Å². The number of aromatic amines is 1. The highest BCUT2D eigenvalue weighted by Crippen LogP contribution is 2.15. The molecule has 1 heterocycles. The van der Waals surface area contributed by atoms with E-state index in [0.29, 0.717) is 23.0 Å². The van der Waals surface area contributed by atoms with Crippen LogP contribution in [0.25, 0.3) is 0 Å². The lowest BCUT2D eigenvalue weighted by Gasteiger charge is -2.05. The molecule has 2 amide bonds. The number of H-pyrrole nitrogens is 1. The van der Waals surface area contributed by atoms with Crippen molar-refractivity contribution in [1.29, 1.82) is 5.26 Å². The van der Waals surface area contributed by atoms with Crippen LogP contribution in [0.3, 0.4) is 0 Å². The Morgan fingerprint density at radius 2 is 2.15 bits per heavy atom. The van der Waals surface area contributed by atoms with Crippen LogP contribution in [0, 0.1) is 11.3 Å². The predicted molar refractivity (Wildman–Crippen MR) is 76.5 cm³/mol. The van der Waals surface area contributed by atoms with Gasteiger partial charge < -0.3 is 5.32 Å². The first kappa shape index (κ1) is 13.6. The van der Waals surface area contributed by atoms with Gasteiger partial charge in [-0.25, -0.2) is 4.79 Å². The van der Waals surface area contributed by atoms with Crippen molar-refractivity contribution in [2.75, 3.05) is 10.6 Å². The zero-order chi connectivity index (χ0) is 14.5. The number of nitrogens with one attached hydrogen (secondary N) is 3. The molecule has 0 aliphatic heterocycles. The average Bonchev–Trinajstić information content (AvgIpc) is 2.87. The molecule has 20 heavy (non-hydrogen) atoms. The molecule has 0 aliphatic carbocycles. The lowest BCUT2D eigenvalue weighted by Crippen LogP contribution is -2.19. The lowest BCUT2D eigenvalue weighted by molar-refractivity contribution is 0.262. The summed E-state index contributed by atoms with van der Waals surface area (Å²) in [4.78, 5) is 11.8. The second-order valence-electron chi connectivity index (χ2n) is 4.63. The van der Waals surface area contributed by atoms with E-state index in [-0.39, 0.29) is 0 Å². The van der Waals surface area contributed by atoms with Gasteiger partial charge >= 0.3 is 6.03 Å². The number of urea groups is 1. The minimum absolute atomic E-state index is 0.313. The Morgan fingerprint density at radius 1 is 1.35 bits per heavy atom. The molecule has 102 valence electrons. The van der Waals surface area contributed by atoms with Gasteiger partial charge in [-0.1, -0.05) is 19.9 Å². The van der Waals surface area contributed by atoms with Crippen LogP contribution in [0.15, 0.2) is 30.3 Å². The third-order valence-corrected chi connectivity index (χ3v) is 2.71. The van der Waals surface area contributed by atoms with Crippen LogP contribution < -0.4 is 10.6 Å². The van der Waals surface area contributed by atoms with Gasteiger partial charge in [-0.3, -0.25) is 10.4 Å². The van der Waals surface area contributed by atoms with Crippen LogP contribution in [0.5, 0.6) is 0 Å². The number of nitrogens with zero attached hydrogens (tertiary/aromatic N) is 2. The van der Waals surface area contributed by atoms with Crippen molar-refractivity contribution in [3.63, 3.8) is 0 Å². The van der Waals surface area contributed by atoms with E-state index in [1.807, 2.05) is 19.9 Å². The maximum Gasteiger partial charge on any atom is 0.324 e. The summed E-state index contributed by atoms with van der Waals surface area (Å²) in [6.45, 7) is 4.06. The molecule has 0 saturated carbocycles. The van der Waals surface area contributed by atoms with Gasteiger partial charge in [0.15, 0.2) is 5.82 Å². The first-order chi connectivity index (χ1) is 9.58. The minimum Gasteiger partial charge on any atom is -0.308 e. The highest BCUT2D eigenvalue weighted by molar-refractivity contribution is 5.99. The van der Waals surface area contributed by atoms with Crippen molar-refractivity contribution < 1.29 is 4.79 Å². The van der Waals surface area contributed by atoms with Gasteiger partial charge in [0.25, 0.3) is 0 Å². The largest absolute Gasteiger partial charge is 0.324 e. The Bertz CT molecular complexity index is 654. The first-order valence-corrected chi connectivity index (χ1v) is 6.22. The van der Waals surface area contributed by atoms with Gasteiger partial charge in [-0.15, -0.1) is 0 Å². The summed E-state index contributed by atoms with van der Waals surface area (Å²) in [5, 5.41) is 20.9. The number of rotatable bonds is 3. The van der Waals surface area contributed by atoms with E-state index in [4.69, 9.17) is 5.26 Å². The molecule has 0 unspecified atom stereocenters. The molecule has 0 spiro atoms. The SMILES string of the molecule is CC(C)c1cc(NC(=O)Nc2cccc(C#N)c2)n[nH]1. The molecule has 6 heteroatoms. The number of hydrogen-bond acceptors (Lipinski definition) is 3. The van der Waals surface area contributed by atoms with E-state index in [1.54, 1.807) is 30.3 Å². The van der Waals surface area contributed by atoms with Crippen molar-refractivity contribution in [3.05, 3.63) is 41.6 Å². The number of amides is 2. The Morgan fingerprint density at radius 3 is 2.80 bits per heavy atom. The van der Waals surface area contributed by atoms with Crippen molar-refractivity contribution in [2.45, 2.75) is 19.8 Å². The van der Waals surface area contributed by atoms with Crippen LogP contribution in [0.4, 0.5) is 16.3 Å². The van der Waals surface area contributed by atoms with Crippen molar-refractivity contribution >= 4 is 17.5 Å². The van der Waals surface area contributed by atoms with Crippen molar-refractivity contribution in [2.24, 2.45) is 0 Å². The first-order valence-electron chi connectivity index (χ1n) is 6.22. The summed E-state index contributed by atoms with van der Waals surface area (Å²) in [5.41, 5.74) is 2.00. The molecule has 3 N–H and O–H groups in total. The van der Waals surface area contributed by atoms with E-state index >= 15 is 0 Å². The van der Waals surface area contributed by atoms with E-state index in [1.165, 1.54) is 0 Å². The van der Waals surface area contributed by atoms with Gasteiger partial charge in [0.05, 0.1) is 11.6 Å². The minimum atomic E-state index is -0.401. The number of aromatic nitrogens is 2. The molecule has 1 aromatic carbocycles. The summed E-state index contributed by atoms with van der Waals surface area (Å²) in [6, 6.07) is 10.1. The van der Waals surface area contributed by atoms with Crippen molar-refractivity contribution in [3.8, 4) is 6.07 Å². The predicted octanol–water partition coefficient (Wildman–Crippen LogP) is 3.05. The molecule has 2 rings (SSSR count). The molecule has 2 aromatic rings. The zero-order valence-electron chi connectivity index (χ0n) is 11.3. The molecular weight excluding hydrogens is 254 g/mol. The standard InChI is InChI=1S/C14H15N5O/c1-9(2)12-7-13(19-18-12)17-14(20)16-11-5-3-4-10(6-11)8-15/h3-7,9H,1-2H3,(H3,16,17,18,19,20). The Hall–Kier alpha value is -2.81. The lowest BCUT2D eigenvalue weighted by atomic mass is 10.1. The monoisotopic (exact) mass is 269 g/mol. The van der Waals surface area contributed by atoms with Crippen LogP contribution in [-0.2, 0) is 0 Å². The molecule has 0 saturated heterocycles. The number of carbonyl (C=O) groups excluding carboxylic acids is 1. The van der Waals surface area contributed by atoms with Gasteiger partial charge in [0, 0.05) is 17.4 Å². The fourth-order valence-corrected chi connectivity index (χ4v) is 1.64. The summed E-state index contributed by atoms with van der Waals surface area (Å²) in [6.07, 6.45) is 0. The highest BCUT2D eigenvalue weighted by atomic mass is 16.2. The molecule has 0 fully saturated rings. The Kier molecular flexibility index (Phi) is 4.01. The van der Waals surface area contributed by atoms with Gasteiger partial charge in [0.2, 0.25) is 0 Å². The van der Waals surface area contributed by atoms with Crippen LogP contribution >= 0.6 is 0 Å². The second-order valence-corrected chi connectivity index (χ2v) is 4.63. The summed E-state index contributed by atoms with van der Waals surface area (Å²) >= 11 is 0. The molecule has 6 nitrogen and oxygen atoms in total. The molecule has 0 atom stereocenters. The summed E-state index contributed by atoms with van der Waals surface area (Å²) in [7, 11) is 0. The molecule has 0 aliphatic rings. The van der Waals surface area contributed by atoms with E-state index in [0.717, 1.165) is 5.69 Å². The van der Waals surface area contributed by atoms with Crippen LogP contribution in [0.1, 0.15) is 31.0 Å². The average molecular weight is 269 g/mol. The molecule has 0 radical (unpaired) electrons. The van der Waals surface area contributed by atoms with Gasteiger partial charge in [0.1, 0.15) is 0 Å². The molecular formula is C14H15N5O. The number of hydrogen-bond donors (Lipinski definition) is 3. The van der Waals surface area contributed by atoms with E-state index in [2.05, 4.69) is 20.8 Å². The van der Waals surface area contributed by atoms with Crippen LogP contribution in [-0.4, -0.2) is 16.2 Å². The third-order valence-electron chi connectivity index (χ3n) is 2.71. The Labute approximate surface area is 116 Å². The fourth-order valence-electron chi connectivity index (χ4n) is 1.64. The number of benzene rings is 1. The maximum atomic E-state index is 11.8. The summed E-state index contributed by atoms with van der Waals surface area (Å²) < 4.78 is 0. The van der Waals surface area contributed by atoms with Crippen LogP contribution in [0.2, 0.25) is 0 Å². The second kappa shape index (κ2) is 5.89. The fraction of sp³-hybridized carbons (Fsp3) is 0.214. The number of nitriles is 1. The maximum absolute atomic E-state index is 11.8. The van der Waals surface area contributed by atoms with Gasteiger partial charge in [-0.05, 0) is 24.1 Å². The van der Waals surface area contributed by atoms with Gasteiger partial charge in [-0.2, -0.15) is 10.4 Å². The smallest absolute Gasteiger partial charge is 0.308 e.